The van der Waals surface area contributed by atoms with E-state index >= 15 is 0 Å². The molecule has 2 aromatic carbocycles. The van der Waals surface area contributed by atoms with E-state index in [1.165, 1.54) is 0 Å². The summed E-state index contributed by atoms with van der Waals surface area (Å²) in [6.45, 7) is 3.03. The van der Waals surface area contributed by atoms with Crippen LogP contribution in [0.25, 0.3) is 11.0 Å². The molecule has 0 bridgehead atoms. The molecule has 2 aromatic heterocycles. The van der Waals surface area contributed by atoms with Crippen molar-refractivity contribution in [3.05, 3.63) is 84.2 Å². The van der Waals surface area contributed by atoms with Crippen molar-refractivity contribution < 1.29 is 14.3 Å². The van der Waals surface area contributed by atoms with Gasteiger partial charge in [-0.15, -0.1) is 0 Å². The second-order valence-corrected chi connectivity index (χ2v) is 7.78. The molecule has 4 aromatic rings. The highest BCUT2D eigenvalue weighted by molar-refractivity contribution is 6.09. The Morgan fingerprint density at radius 1 is 0.879 bits per heavy atom. The lowest BCUT2D eigenvalue weighted by molar-refractivity contribution is 0.102. The molecular weight excluding hydrogens is 418 g/mol. The first-order valence-electron chi connectivity index (χ1n) is 10.7. The van der Waals surface area contributed by atoms with Gasteiger partial charge in [-0.2, -0.15) is 0 Å². The number of aromatic nitrogens is 2. The molecule has 0 unspecified atom stereocenters. The van der Waals surface area contributed by atoms with E-state index in [1.54, 1.807) is 36.7 Å². The fourth-order valence-corrected chi connectivity index (χ4v) is 3.82. The van der Waals surface area contributed by atoms with Gasteiger partial charge in [0.15, 0.2) is 0 Å². The fraction of sp³-hybridized carbons (Fsp3) is 0.160. The predicted molar refractivity (Wildman–Crippen MR) is 128 cm³/mol. The average molecular weight is 441 g/mol. The van der Waals surface area contributed by atoms with Crippen LogP contribution < -0.4 is 15.5 Å². The lowest BCUT2D eigenvalue weighted by atomic mass is 10.1. The first-order valence-corrected chi connectivity index (χ1v) is 10.7. The molecule has 0 saturated carbocycles. The van der Waals surface area contributed by atoms with Crippen LogP contribution in [0.4, 0.5) is 17.1 Å². The molecule has 3 N–H and O–H groups in total. The Balaban J connectivity index is 1.28. The highest BCUT2D eigenvalue weighted by Crippen LogP contribution is 2.21. The smallest absolute Gasteiger partial charge is 0.255 e. The molecule has 0 spiro atoms. The van der Waals surface area contributed by atoms with Crippen molar-refractivity contribution in [2.75, 3.05) is 41.8 Å². The Morgan fingerprint density at radius 3 is 2.39 bits per heavy atom. The number of carbonyl (C=O) groups excluding carboxylic acids is 2. The number of pyridine rings is 1. The van der Waals surface area contributed by atoms with Crippen molar-refractivity contribution in [3.8, 4) is 0 Å². The van der Waals surface area contributed by atoms with Gasteiger partial charge < -0.3 is 25.3 Å². The first-order chi connectivity index (χ1) is 16.2. The van der Waals surface area contributed by atoms with E-state index in [0.29, 0.717) is 35.7 Å². The second-order valence-electron chi connectivity index (χ2n) is 7.78. The van der Waals surface area contributed by atoms with Crippen LogP contribution in [0.2, 0.25) is 0 Å². The van der Waals surface area contributed by atoms with Gasteiger partial charge >= 0.3 is 0 Å². The largest absolute Gasteiger partial charge is 0.378 e. The zero-order valence-electron chi connectivity index (χ0n) is 17.9. The summed E-state index contributed by atoms with van der Waals surface area (Å²) in [5.74, 6) is -0.588. The quantitative estimate of drug-likeness (QED) is 0.436. The summed E-state index contributed by atoms with van der Waals surface area (Å²) >= 11 is 0. The number of fused-ring (bicyclic) bond motifs is 1. The normalized spacial score (nSPS) is 13.6. The van der Waals surface area contributed by atoms with Crippen molar-refractivity contribution in [2.45, 2.75) is 0 Å². The van der Waals surface area contributed by atoms with Crippen LogP contribution in [0, 0.1) is 0 Å². The first kappa shape index (κ1) is 20.7. The number of amides is 2. The minimum absolute atomic E-state index is 0.279. The van der Waals surface area contributed by atoms with Gasteiger partial charge in [0.2, 0.25) is 0 Å². The van der Waals surface area contributed by atoms with Gasteiger partial charge in [-0.1, -0.05) is 12.1 Å². The SMILES string of the molecule is O=C(Nc1cccc(N2CCOCC2)c1)c1cccc(C(=O)Nc2cnc3[nH]ccc3c2)c1. The molecule has 1 aliphatic rings. The Bertz CT molecular complexity index is 1310. The van der Waals surface area contributed by atoms with Gasteiger partial charge in [0.1, 0.15) is 5.65 Å². The van der Waals surface area contributed by atoms with Crippen molar-refractivity contribution >= 4 is 39.9 Å². The molecule has 2 amide bonds. The van der Waals surface area contributed by atoms with Crippen LogP contribution >= 0.6 is 0 Å². The third kappa shape index (κ3) is 4.70. The number of aromatic amines is 1. The number of carbonyl (C=O) groups is 2. The number of morpholine rings is 1. The van der Waals surface area contributed by atoms with Crippen LogP contribution in [0.3, 0.4) is 0 Å². The Kier molecular flexibility index (Phi) is 5.73. The summed E-state index contributed by atoms with van der Waals surface area (Å²) in [4.78, 5) is 35.1. The molecular formula is C25H23N5O3. The summed E-state index contributed by atoms with van der Waals surface area (Å²) in [6.07, 6.45) is 3.39. The second kappa shape index (κ2) is 9.13. The van der Waals surface area contributed by atoms with Crippen LogP contribution in [-0.4, -0.2) is 48.1 Å². The van der Waals surface area contributed by atoms with Crippen molar-refractivity contribution in [3.63, 3.8) is 0 Å². The molecule has 8 heteroatoms. The Labute approximate surface area is 190 Å². The Morgan fingerprint density at radius 2 is 1.61 bits per heavy atom. The molecule has 166 valence electrons. The molecule has 0 atom stereocenters. The zero-order chi connectivity index (χ0) is 22.6. The summed E-state index contributed by atoms with van der Waals surface area (Å²) in [5.41, 5.74) is 3.87. The van der Waals surface area contributed by atoms with Crippen molar-refractivity contribution in [1.82, 2.24) is 9.97 Å². The third-order valence-electron chi connectivity index (χ3n) is 5.53. The maximum Gasteiger partial charge on any atom is 0.255 e. The number of anilines is 3. The molecule has 1 fully saturated rings. The number of nitrogens with one attached hydrogen (secondary N) is 3. The number of hydrogen-bond acceptors (Lipinski definition) is 5. The number of ether oxygens (including phenoxy) is 1. The molecule has 5 rings (SSSR count). The molecule has 3 heterocycles. The minimum Gasteiger partial charge on any atom is -0.378 e. The van der Waals surface area contributed by atoms with Crippen LogP contribution in [0.1, 0.15) is 20.7 Å². The fourth-order valence-electron chi connectivity index (χ4n) is 3.82. The van der Waals surface area contributed by atoms with Gasteiger partial charge in [0.05, 0.1) is 25.1 Å². The minimum atomic E-state index is -0.310. The van der Waals surface area contributed by atoms with E-state index in [4.69, 9.17) is 4.74 Å². The van der Waals surface area contributed by atoms with E-state index in [2.05, 4.69) is 25.5 Å². The van der Waals surface area contributed by atoms with E-state index in [9.17, 15) is 9.59 Å². The van der Waals surface area contributed by atoms with Crippen molar-refractivity contribution in [2.24, 2.45) is 0 Å². The Hall–Kier alpha value is -4.17. The maximum absolute atomic E-state index is 12.9. The molecule has 8 nitrogen and oxygen atoms in total. The van der Waals surface area contributed by atoms with Gasteiger partial charge in [0, 0.05) is 47.2 Å². The predicted octanol–water partition coefficient (Wildman–Crippen LogP) is 3.90. The highest BCUT2D eigenvalue weighted by Gasteiger charge is 2.14. The topological polar surface area (TPSA) is 99.3 Å². The van der Waals surface area contributed by atoms with Crippen LogP contribution in [-0.2, 0) is 4.74 Å². The summed E-state index contributed by atoms with van der Waals surface area (Å²) in [6, 6.07) is 18.1. The van der Waals surface area contributed by atoms with Gasteiger partial charge in [-0.05, 0) is 48.5 Å². The van der Waals surface area contributed by atoms with E-state index < -0.39 is 0 Å². The summed E-state index contributed by atoms with van der Waals surface area (Å²) in [5, 5.41) is 6.67. The average Bonchev–Trinajstić information content (AvgIpc) is 3.33. The summed E-state index contributed by atoms with van der Waals surface area (Å²) in [7, 11) is 0. The molecule has 0 aliphatic carbocycles. The number of hydrogen-bond donors (Lipinski definition) is 3. The molecule has 1 saturated heterocycles. The van der Waals surface area contributed by atoms with Crippen LogP contribution in [0.5, 0.6) is 0 Å². The van der Waals surface area contributed by atoms with Gasteiger partial charge in [0.25, 0.3) is 11.8 Å². The zero-order valence-corrected chi connectivity index (χ0v) is 17.9. The maximum atomic E-state index is 12.9. The highest BCUT2D eigenvalue weighted by atomic mass is 16.5. The lowest BCUT2D eigenvalue weighted by Gasteiger charge is -2.29. The van der Waals surface area contributed by atoms with E-state index in [0.717, 1.165) is 29.8 Å². The van der Waals surface area contributed by atoms with Crippen LogP contribution in [0.15, 0.2) is 73.1 Å². The molecule has 1 aliphatic heterocycles. The molecule has 0 radical (unpaired) electrons. The molecule has 33 heavy (non-hydrogen) atoms. The number of H-pyrrole nitrogens is 1. The van der Waals surface area contributed by atoms with E-state index in [1.807, 2.05) is 36.4 Å². The lowest BCUT2D eigenvalue weighted by Crippen LogP contribution is -2.36. The summed E-state index contributed by atoms with van der Waals surface area (Å²) < 4.78 is 5.41. The van der Waals surface area contributed by atoms with Crippen molar-refractivity contribution in [1.29, 1.82) is 0 Å². The third-order valence-corrected chi connectivity index (χ3v) is 5.53. The van der Waals surface area contributed by atoms with E-state index in [-0.39, 0.29) is 11.8 Å². The number of rotatable bonds is 5. The number of benzene rings is 2. The van der Waals surface area contributed by atoms with Gasteiger partial charge in [-0.25, -0.2) is 4.98 Å². The monoisotopic (exact) mass is 441 g/mol. The standard InChI is InChI=1S/C25H23N5O3/c31-24(28-20-5-2-6-22(15-20)30-9-11-33-12-10-30)18-3-1-4-19(13-18)25(32)29-21-14-17-7-8-26-23(17)27-16-21/h1-8,13-16H,9-12H2,(H,26,27)(H,28,31)(H,29,32). The van der Waals surface area contributed by atoms with Gasteiger partial charge in [-0.3, -0.25) is 9.59 Å². The number of nitrogens with zero attached hydrogens (tertiary/aromatic N) is 2.